The van der Waals surface area contributed by atoms with Crippen LogP contribution in [0, 0.1) is 6.92 Å². The summed E-state index contributed by atoms with van der Waals surface area (Å²) >= 11 is 0. The largest absolute Gasteiger partial charge is 0.482 e. The van der Waals surface area contributed by atoms with E-state index in [9.17, 15) is 4.79 Å². The molecule has 18 heavy (non-hydrogen) atoms. The van der Waals surface area contributed by atoms with Crippen LogP contribution in [0.25, 0.3) is 0 Å². The van der Waals surface area contributed by atoms with Gasteiger partial charge in [0.25, 0.3) is 0 Å². The Morgan fingerprint density at radius 1 is 1.44 bits per heavy atom. The Kier molecular flexibility index (Phi) is 2.66. The summed E-state index contributed by atoms with van der Waals surface area (Å²) in [4.78, 5) is 12.3. The van der Waals surface area contributed by atoms with Crippen LogP contribution in [0.1, 0.15) is 42.4 Å². The molecule has 1 fully saturated rings. The van der Waals surface area contributed by atoms with Crippen LogP contribution in [-0.4, -0.2) is 34.3 Å². The molecule has 2 aliphatic rings. The van der Waals surface area contributed by atoms with E-state index in [1.54, 1.807) is 0 Å². The van der Waals surface area contributed by atoms with Crippen LogP contribution < -0.4 is 10.1 Å². The number of nitrogens with zero attached hydrogens (tertiary/aromatic N) is 2. The van der Waals surface area contributed by atoms with Crippen LogP contribution >= 0.6 is 0 Å². The van der Waals surface area contributed by atoms with Crippen molar-refractivity contribution in [3.8, 4) is 5.75 Å². The highest BCUT2D eigenvalue weighted by Gasteiger charge is 2.43. The maximum atomic E-state index is 12.3. The maximum absolute atomic E-state index is 12.3. The summed E-state index contributed by atoms with van der Waals surface area (Å²) in [5, 5.41) is 7.67. The quantitative estimate of drug-likeness (QED) is 0.815. The van der Waals surface area contributed by atoms with Gasteiger partial charge in [-0.05, 0) is 26.9 Å². The van der Waals surface area contributed by atoms with E-state index in [0.29, 0.717) is 12.1 Å². The number of nitrogens with one attached hydrogen (secondary N) is 1. The molecule has 0 aromatic carbocycles. The topological polar surface area (TPSA) is 56.1 Å². The molecule has 1 aromatic rings. The molecule has 1 N–H and O–H groups in total. The fraction of sp³-hybridized carbons (Fsp3) is 0.692. The Morgan fingerprint density at radius 2 is 2.17 bits per heavy atom. The van der Waals surface area contributed by atoms with Crippen molar-refractivity contribution in [2.24, 2.45) is 0 Å². The lowest BCUT2D eigenvalue weighted by Gasteiger charge is -2.39. The predicted octanol–water partition coefficient (Wildman–Crippen LogP) is 1.30. The van der Waals surface area contributed by atoms with Crippen LogP contribution in [0.15, 0.2) is 0 Å². The highest BCUT2D eigenvalue weighted by Crippen LogP contribution is 2.39. The van der Waals surface area contributed by atoms with Crippen molar-refractivity contribution in [2.45, 2.75) is 45.3 Å². The molecule has 0 unspecified atom stereocenters. The molecule has 98 valence electrons. The van der Waals surface area contributed by atoms with E-state index in [0.717, 1.165) is 43.9 Å². The molecule has 0 amide bonds. The van der Waals surface area contributed by atoms with Crippen LogP contribution in [0.5, 0.6) is 5.75 Å². The summed E-state index contributed by atoms with van der Waals surface area (Å²) in [5.41, 5.74) is 1.21. The lowest BCUT2D eigenvalue weighted by molar-refractivity contribution is 0.0180. The van der Waals surface area contributed by atoms with Gasteiger partial charge in [0, 0.05) is 19.4 Å². The third-order valence-corrected chi connectivity index (χ3v) is 4.03. The van der Waals surface area contributed by atoms with E-state index in [1.165, 1.54) is 0 Å². The van der Waals surface area contributed by atoms with Gasteiger partial charge < -0.3 is 10.1 Å². The number of ketones is 1. The second-order valence-corrected chi connectivity index (χ2v) is 5.21. The number of hydrogen-bond donors (Lipinski definition) is 1. The zero-order chi connectivity index (χ0) is 12.8. The average Bonchev–Trinajstić information content (AvgIpc) is 2.68. The molecule has 0 aliphatic carbocycles. The summed E-state index contributed by atoms with van der Waals surface area (Å²) in [6.45, 7) is 6.61. The van der Waals surface area contributed by atoms with Gasteiger partial charge in [-0.2, -0.15) is 5.10 Å². The van der Waals surface area contributed by atoms with Gasteiger partial charge in [0.2, 0.25) is 0 Å². The first-order chi connectivity index (χ1) is 8.65. The molecule has 1 saturated heterocycles. The van der Waals surface area contributed by atoms with Crippen molar-refractivity contribution in [3.05, 3.63) is 11.4 Å². The van der Waals surface area contributed by atoms with Crippen LogP contribution in [0.2, 0.25) is 0 Å². The number of aromatic nitrogens is 2. The minimum absolute atomic E-state index is 0.133. The molecular formula is C13H19N3O2. The van der Waals surface area contributed by atoms with Crippen LogP contribution in [0.3, 0.4) is 0 Å². The number of hydrogen-bond acceptors (Lipinski definition) is 4. The van der Waals surface area contributed by atoms with E-state index in [-0.39, 0.29) is 11.4 Å². The second-order valence-electron chi connectivity index (χ2n) is 5.21. The lowest BCUT2D eigenvalue weighted by atomic mass is 9.84. The smallest absolute Gasteiger partial charge is 0.190 e. The third kappa shape index (κ3) is 1.65. The molecule has 0 saturated carbocycles. The maximum Gasteiger partial charge on any atom is 0.190 e. The van der Waals surface area contributed by atoms with Gasteiger partial charge in [-0.25, -0.2) is 0 Å². The molecule has 2 aliphatic heterocycles. The van der Waals surface area contributed by atoms with Gasteiger partial charge in [-0.3, -0.25) is 9.48 Å². The standard InChI is InChI=1S/C13H19N3O2/c1-3-16-9(2)12-11(15-16)10(17)8-13(18-12)4-6-14-7-5-13/h14H,3-8H2,1-2H3. The molecule has 0 radical (unpaired) electrons. The van der Waals surface area contributed by atoms with Crippen LogP contribution in [0.4, 0.5) is 0 Å². The van der Waals surface area contributed by atoms with Crippen molar-refractivity contribution in [1.82, 2.24) is 15.1 Å². The van der Waals surface area contributed by atoms with E-state index in [2.05, 4.69) is 10.4 Å². The zero-order valence-corrected chi connectivity index (χ0v) is 11.0. The molecule has 1 spiro atoms. The monoisotopic (exact) mass is 249 g/mol. The highest BCUT2D eigenvalue weighted by molar-refractivity contribution is 5.98. The first-order valence-electron chi connectivity index (χ1n) is 6.65. The van der Waals surface area contributed by atoms with E-state index in [4.69, 9.17) is 4.74 Å². The van der Waals surface area contributed by atoms with E-state index < -0.39 is 0 Å². The number of rotatable bonds is 1. The second kappa shape index (κ2) is 4.09. The Bertz CT molecular complexity index is 487. The molecule has 3 heterocycles. The van der Waals surface area contributed by atoms with Crippen molar-refractivity contribution < 1.29 is 9.53 Å². The fourth-order valence-corrected chi connectivity index (χ4v) is 2.93. The Hall–Kier alpha value is -1.36. The molecule has 5 nitrogen and oxygen atoms in total. The van der Waals surface area contributed by atoms with E-state index >= 15 is 0 Å². The van der Waals surface area contributed by atoms with Gasteiger partial charge in [0.05, 0.1) is 12.1 Å². The van der Waals surface area contributed by atoms with Crippen molar-refractivity contribution in [3.63, 3.8) is 0 Å². The number of ether oxygens (including phenoxy) is 1. The number of fused-ring (bicyclic) bond motifs is 1. The molecule has 5 heteroatoms. The summed E-state index contributed by atoms with van der Waals surface area (Å²) in [5.74, 6) is 0.850. The predicted molar refractivity (Wildman–Crippen MR) is 67.0 cm³/mol. The minimum Gasteiger partial charge on any atom is -0.482 e. The summed E-state index contributed by atoms with van der Waals surface area (Å²) in [6.07, 6.45) is 2.27. The van der Waals surface area contributed by atoms with Gasteiger partial charge in [-0.1, -0.05) is 0 Å². The molecule has 0 atom stereocenters. The SMILES string of the molecule is CCn1nc2c(c1C)OC1(CCNCC1)CC2=O. The van der Waals surface area contributed by atoms with Crippen LogP contribution in [-0.2, 0) is 6.54 Å². The fourth-order valence-electron chi connectivity index (χ4n) is 2.93. The van der Waals surface area contributed by atoms with Crippen molar-refractivity contribution >= 4 is 5.78 Å². The third-order valence-electron chi connectivity index (χ3n) is 4.03. The minimum atomic E-state index is -0.290. The number of carbonyl (C=O) groups is 1. The molecular weight excluding hydrogens is 230 g/mol. The Labute approximate surface area is 107 Å². The van der Waals surface area contributed by atoms with Crippen molar-refractivity contribution in [1.29, 1.82) is 0 Å². The first-order valence-corrected chi connectivity index (χ1v) is 6.65. The number of piperidine rings is 1. The lowest BCUT2D eigenvalue weighted by Crippen LogP contribution is -2.49. The van der Waals surface area contributed by atoms with E-state index in [1.807, 2.05) is 18.5 Å². The zero-order valence-electron chi connectivity index (χ0n) is 11.0. The first kappa shape index (κ1) is 11.7. The van der Waals surface area contributed by atoms with Gasteiger partial charge in [0.1, 0.15) is 5.60 Å². The molecule has 0 bridgehead atoms. The summed E-state index contributed by atoms with van der Waals surface area (Å²) < 4.78 is 8.05. The average molecular weight is 249 g/mol. The van der Waals surface area contributed by atoms with Crippen molar-refractivity contribution in [2.75, 3.05) is 13.1 Å². The summed E-state index contributed by atoms with van der Waals surface area (Å²) in [7, 11) is 0. The van der Waals surface area contributed by atoms with Gasteiger partial charge in [-0.15, -0.1) is 0 Å². The number of Topliss-reactive ketones (excluding diaryl/α,β-unsaturated/α-hetero) is 1. The Balaban J connectivity index is 2.00. The Morgan fingerprint density at radius 3 is 2.83 bits per heavy atom. The normalized spacial score (nSPS) is 21.8. The highest BCUT2D eigenvalue weighted by atomic mass is 16.5. The molecule has 3 rings (SSSR count). The molecule has 1 aromatic heterocycles. The number of aryl methyl sites for hydroxylation is 1. The number of carbonyl (C=O) groups excluding carboxylic acids is 1. The van der Waals surface area contributed by atoms with Gasteiger partial charge >= 0.3 is 0 Å². The summed E-state index contributed by atoms with van der Waals surface area (Å²) in [6, 6.07) is 0. The van der Waals surface area contributed by atoms with Gasteiger partial charge in [0.15, 0.2) is 17.2 Å².